The van der Waals surface area contributed by atoms with Crippen molar-refractivity contribution in [3.05, 3.63) is 194 Å². The lowest BCUT2D eigenvalue weighted by Crippen LogP contribution is -1.95. The molecular weight excluding hydrogens is 655 g/mol. The molecule has 54 heavy (non-hydrogen) atoms. The van der Waals surface area contributed by atoms with Crippen LogP contribution in [0.1, 0.15) is 5.56 Å². The van der Waals surface area contributed by atoms with E-state index in [0.29, 0.717) is 5.56 Å². The van der Waals surface area contributed by atoms with Crippen LogP contribution >= 0.6 is 0 Å². The molecule has 0 N–H and O–H groups in total. The van der Waals surface area contributed by atoms with Crippen LogP contribution < -0.4 is 0 Å². The van der Waals surface area contributed by atoms with Crippen LogP contribution in [0, 0.1) is 11.3 Å². The van der Waals surface area contributed by atoms with Crippen molar-refractivity contribution in [3.8, 4) is 62.1 Å². The Morgan fingerprint density at radius 2 is 0.815 bits per heavy atom. The third-order valence-corrected chi connectivity index (χ3v) is 10.5. The summed E-state index contributed by atoms with van der Waals surface area (Å²) in [6.45, 7) is 0. The van der Waals surface area contributed by atoms with Gasteiger partial charge in [-0.25, -0.2) is 9.97 Å². The van der Waals surface area contributed by atoms with Crippen molar-refractivity contribution in [2.45, 2.75) is 0 Å². The third kappa shape index (κ3) is 5.37. The second-order valence-corrected chi connectivity index (χ2v) is 13.7. The van der Waals surface area contributed by atoms with Crippen molar-refractivity contribution in [2.24, 2.45) is 0 Å². The maximum absolute atomic E-state index is 9.32. The van der Waals surface area contributed by atoms with E-state index in [9.17, 15) is 5.26 Å². The molecule has 0 saturated carbocycles. The molecule has 0 aliphatic heterocycles. The molecule has 0 aliphatic rings. The monoisotopic (exact) mass is 685 g/mol. The number of rotatable bonds is 5. The predicted molar refractivity (Wildman–Crippen MR) is 224 cm³/mol. The number of nitriles is 1. The summed E-state index contributed by atoms with van der Waals surface area (Å²) in [6, 6.07) is 68.2. The SMILES string of the molecule is N#Cc1ccc(-c2ccc(-c3ccc(-c4ccc(-c5nc(-c6ccc7ccccc7c6)nc6ccccc56)cc4)c4ccccc34)c3ccccc23)cc1. The highest BCUT2D eigenvalue weighted by Crippen LogP contribution is 2.41. The second kappa shape index (κ2) is 13.0. The maximum atomic E-state index is 9.32. The fourth-order valence-corrected chi connectivity index (χ4v) is 7.86. The van der Waals surface area contributed by atoms with E-state index in [2.05, 4.69) is 164 Å². The highest BCUT2D eigenvalue weighted by Gasteiger charge is 2.16. The lowest BCUT2D eigenvalue weighted by atomic mass is 9.88. The Morgan fingerprint density at radius 1 is 0.352 bits per heavy atom. The van der Waals surface area contributed by atoms with Crippen LogP contribution in [-0.4, -0.2) is 9.97 Å². The average molecular weight is 686 g/mol. The van der Waals surface area contributed by atoms with E-state index < -0.39 is 0 Å². The van der Waals surface area contributed by atoms with Crippen LogP contribution in [0.4, 0.5) is 0 Å². The Balaban J connectivity index is 1.05. The predicted octanol–water partition coefficient (Wildman–Crippen LogP) is 13.3. The first-order valence-corrected chi connectivity index (χ1v) is 18.1. The van der Waals surface area contributed by atoms with Crippen LogP contribution in [-0.2, 0) is 0 Å². The second-order valence-electron chi connectivity index (χ2n) is 13.7. The Bertz CT molecular complexity index is 3100. The van der Waals surface area contributed by atoms with Crippen LogP contribution in [0.15, 0.2) is 188 Å². The molecule has 1 aromatic heterocycles. The summed E-state index contributed by atoms with van der Waals surface area (Å²) in [7, 11) is 0. The molecule has 10 rings (SSSR count). The first-order valence-electron chi connectivity index (χ1n) is 18.1. The van der Waals surface area contributed by atoms with Crippen LogP contribution in [0.5, 0.6) is 0 Å². The molecule has 0 atom stereocenters. The molecule has 10 aromatic rings. The fourth-order valence-electron chi connectivity index (χ4n) is 7.86. The molecule has 0 radical (unpaired) electrons. The minimum absolute atomic E-state index is 0.662. The van der Waals surface area contributed by atoms with E-state index in [1.165, 1.54) is 49.0 Å². The summed E-state index contributed by atoms with van der Waals surface area (Å²) in [5.74, 6) is 0.720. The van der Waals surface area contributed by atoms with E-state index in [0.717, 1.165) is 50.2 Å². The van der Waals surface area contributed by atoms with Gasteiger partial charge in [0.25, 0.3) is 0 Å². The van der Waals surface area contributed by atoms with E-state index in [1.54, 1.807) is 0 Å². The lowest BCUT2D eigenvalue weighted by molar-refractivity contribution is 1.23. The molecular formula is C51H31N3. The quantitative estimate of drug-likeness (QED) is 0.181. The molecule has 250 valence electrons. The number of hydrogen-bond donors (Lipinski definition) is 0. The maximum Gasteiger partial charge on any atom is 0.160 e. The van der Waals surface area contributed by atoms with E-state index in [-0.39, 0.29) is 0 Å². The highest BCUT2D eigenvalue weighted by molar-refractivity contribution is 6.12. The molecule has 9 aromatic carbocycles. The first-order chi connectivity index (χ1) is 26.7. The van der Waals surface area contributed by atoms with Gasteiger partial charge in [0.2, 0.25) is 0 Å². The van der Waals surface area contributed by atoms with Crippen molar-refractivity contribution >= 4 is 43.2 Å². The number of aromatic nitrogens is 2. The molecule has 0 fully saturated rings. The number of para-hydroxylation sites is 1. The summed E-state index contributed by atoms with van der Waals surface area (Å²) in [5, 5.41) is 17.5. The normalized spacial score (nSPS) is 11.3. The molecule has 0 bridgehead atoms. The van der Waals surface area contributed by atoms with Crippen molar-refractivity contribution in [1.82, 2.24) is 9.97 Å². The van der Waals surface area contributed by atoms with Crippen molar-refractivity contribution in [1.29, 1.82) is 5.26 Å². The summed E-state index contributed by atoms with van der Waals surface area (Å²) in [4.78, 5) is 10.2. The smallest absolute Gasteiger partial charge is 0.160 e. The zero-order chi connectivity index (χ0) is 36.0. The molecule has 0 aliphatic carbocycles. The van der Waals surface area contributed by atoms with Crippen LogP contribution in [0.25, 0.3) is 99.2 Å². The Hall–Kier alpha value is -7.41. The Kier molecular flexibility index (Phi) is 7.53. The summed E-state index contributed by atoms with van der Waals surface area (Å²) >= 11 is 0. The summed E-state index contributed by atoms with van der Waals surface area (Å²) < 4.78 is 0. The van der Waals surface area contributed by atoms with Crippen LogP contribution in [0.3, 0.4) is 0 Å². The highest BCUT2D eigenvalue weighted by atomic mass is 14.9. The molecule has 0 spiro atoms. The summed E-state index contributed by atoms with van der Waals surface area (Å²) in [5.41, 5.74) is 11.5. The minimum Gasteiger partial charge on any atom is -0.228 e. The number of fused-ring (bicyclic) bond motifs is 4. The van der Waals surface area contributed by atoms with Gasteiger partial charge in [0.05, 0.1) is 22.8 Å². The number of benzene rings is 9. The molecule has 1 heterocycles. The van der Waals surface area contributed by atoms with Crippen molar-refractivity contribution < 1.29 is 0 Å². The fraction of sp³-hybridized carbons (Fsp3) is 0. The zero-order valence-electron chi connectivity index (χ0n) is 29.2. The van der Waals surface area contributed by atoms with Gasteiger partial charge in [-0.3, -0.25) is 0 Å². The number of hydrogen-bond acceptors (Lipinski definition) is 3. The molecule has 0 amide bonds. The van der Waals surface area contributed by atoms with E-state index in [4.69, 9.17) is 9.97 Å². The number of nitrogens with zero attached hydrogens (tertiary/aromatic N) is 3. The van der Waals surface area contributed by atoms with Gasteiger partial charge in [-0.05, 0) is 90.0 Å². The van der Waals surface area contributed by atoms with Gasteiger partial charge in [0.1, 0.15) is 0 Å². The van der Waals surface area contributed by atoms with Crippen LogP contribution in [0.2, 0.25) is 0 Å². The van der Waals surface area contributed by atoms with Crippen molar-refractivity contribution in [3.63, 3.8) is 0 Å². The topological polar surface area (TPSA) is 49.6 Å². The van der Waals surface area contributed by atoms with Crippen molar-refractivity contribution in [2.75, 3.05) is 0 Å². The van der Waals surface area contributed by atoms with Gasteiger partial charge >= 0.3 is 0 Å². The first kappa shape index (κ1) is 31.3. The van der Waals surface area contributed by atoms with Gasteiger partial charge in [-0.1, -0.05) is 164 Å². The van der Waals surface area contributed by atoms with E-state index >= 15 is 0 Å². The third-order valence-electron chi connectivity index (χ3n) is 10.5. The van der Waals surface area contributed by atoms with Gasteiger partial charge in [-0.2, -0.15) is 5.26 Å². The van der Waals surface area contributed by atoms with Gasteiger partial charge in [-0.15, -0.1) is 0 Å². The van der Waals surface area contributed by atoms with Gasteiger partial charge < -0.3 is 0 Å². The van der Waals surface area contributed by atoms with Gasteiger partial charge in [0.15, 0.2) is 5.82 Å². The zero-order valence-corrected chi connectivity index (χ0v) is 29.2. The van der Waals surface area contributed by atoms with Gasteiger partial charge in [0, 0.05) is 16.5 Å². The Morgan fingerprint density at radius 3 is 1.43 bits per heavy atom. The average Bonchev–Trinajstić information content (AvgIpc) is 3.25. The molecule has 0 saturated heterocycles. The molecule has 3 nitrogen and oxygen atoms in total. The largest absolute Gasteiger partial charge is 0.228 e. The molecule has 0 unspecified atom stereocenters. The minimum atomic E-state index is 0.662. The Labute approximate surface area is 313 Å². The standard InChI is InChI=1S/C51H31N3/c52-32-33-17-19-35(20-18-33)40-27-29-46(44-13-5-3-11-42(40)44)47-30-28-41(43-12-4-6-14-45(43)47)36-22-24-37(25-23-36)50-48-15-7-8-16-49(48)53-51(54-50)39-26-21-34-9-1-2-10-38(34)31-39/h1-31H. The summed E-state index contributed by atoms with van der Waals surface area (Å²) in [6.07, 6.45) is 0. The lowest BCUT2D eigenvalue weighted by Gasteiger charge is -2.16. The molecule has 3 heteroatoms. The van der Waals surface area contributed by atoms with E-state index in [1.807, 2.05) is 30.3 Å².